The molecule has 0 saturated heterocycles. The van der Waals surface area contributed by atoms with Crippen LogP contribution in [0.3, 0.4) is 0 Å². The molecule has 1 atom stereocenters. The lowest BCUT2D eigenvalue weighted by molar-refractivity contribution is -0.212. The summed E-state index contributed by atoms with van der Waals surface area (Å²) in [5.41, 5.74) is 3.83. The van der Waals surface area contributed by atoms with Crippen molar-refractivity contribution in [2.45, 2.75) is 25.7 Å². The SMILES string of the molecule is CC1c2nn(C)c(-c3cnn(C(F)(F)F)c3)c2CCN1C(=O)c1ccc2ncccc2c1. The molecule has 10 heteroatoms. The van der Waals surface area contributed by atoms with E-state index in [1.165, 1.54) is 6.20 Å². The summed E-state index contributed by atoms with van der Waals surface area (Å²) < 4.78 is 40.5. The van der Waals surface area contributed by atoms with Gasteiger partial charge in [-0.3, -0.25) is 14.5 Å². The first kappa shape index (κ1) is 20.2. The van der Waals surface area contributed by atoms with Crippen LogP contribution in [0.2, 0.25) is 0 Å². The fourth-order valence-corrected chi connectivity index (χ4v) is 4.34. The maximum absolute atomic E-state index is 13.3. The van der Waals surface area contributed by atoms with E-state index in [0.717, 1.165) is 22.7 Å². The lowest BCUT2D eigenvalue weighted by Crippen LogP contribution is -2.38. The molecule has 0 N–H and O–H groups in total. The molecule has 4 heterocycles. The van der Waals surface area contributed by atoms with E-state index in [9.17, 15) is 18.0 Å². The summed E-state index contributed by atoms with van der Waals surface area (Å²) in [6, 6.07) is 8.80. The predicted molar refractivity (Wildman–Crippen MR) is 111 cm³/mol. The number of hydrogen-bond acceptors (Lipinski definition) is 4. The van der Waals surface area contributed by atoms with Crippen LogP contribution in [0.25, 0.3) is 22.2 Å². The van der Waals surface area contributed by atoms with Crippen LogP contribution in [0.4, 0.5) is 13.2 Å². The Bertz CT molecular complexity index is 1340. The quantitative estimate of drug-likeness (QED) is 0.471. The van der Waals surface area contributed by atoms with Crippen molar-refractivity contribution < 1.29 is 18.0 Å². The predicted octanol–water partition coefficient (Wildman–Crippen LogP) is 4.07. The highest BCUT2D eigenvalue weighted by Crippen LogP contribution is 2.36. The first-order valence-electron chi connectivity index (χ1n) is 10.1. The number of aromatic nitrogens is 5. The number of carbonyl (C=O) groups excluding carboxylic acids is 1. The first-order valence-corrected chi connectivity index (χ1v) is 10.1. The van der Waals surface area contributed by atoms with Crippen LogP contribution < -0.4 is 0 Å². The standard InChI is InChI=1S/C22H19F3N6O/c1-13-19-17(20(29(2)28-19)16-11-27-31(12-16)22(23,24)25)7-9-30(13)21(32)15-5-6-18-14(10-15)4-3-8-26-18/h3-6,8,10-13H,7,9H2,1-2H3. The molecule has 1 amide bonds. The maximum atomic E-state index is 13.3. The molecule has 32 heavy (non-hydrogen) atoms. The summed E-state index contributed by atoms with van der Waals surface area (Å²) in [6.45, 7) is 2.32. The van der Waals surface area contributed by atoms with Gasteiger partial charge >= 0.3 is 6.30 Å². The minimum atomic E-state index is -4.58. The number of benzene rings is 1. The Balaban J connectivity index is 1.47. The largest absolute Gasteiger partial charge is 0.504 e. The third-order valence-electron chi connectivity index (χ3n) is 5.87. The summed E-state index contributed by atoms with van der Waals surface area (Å²) in [4.78, 5) is 19.3. The van der Waals surface area contributed by atoms with Crippen LogP contribution in [0.5, 0.6) is 0 Å². The molecule has 3 aromatic heterocycles. The van der Waals surface area contributed by atoms with Crippen LogP contribution >= 0.6 is 0 Å². The second kappa shape index (κ2) is 7.18. The van der Waals surface area contributed by atoms with Crippen molar-refractivity contribution in [2.24, 2.45) is 7.05 Å². The molecule has 7 nitrogen and oxygen atoms in total. The molecule has 0 fully saturated rings. The zero-order valence-electron chi connectivity index (χ0n) is 17.3. The van der Waals surface area contributed by atoms with Crippen molar-refractivity contribution in [1.29, 1.82) is 0 Å². The van der Waals surface area contributed by atoms with E-state index in [1.807, 2.05) is 31.2 Å². The van der Waals surface area contributed by atoms with E-state index in [2.05, 4.69) is 15.2 Å². The van der Waals surface area contributed by atoms with E-state index in [1.54, 1.807) is 28.9 Å². The Kier molecular flexibility index (Phi) is 4.54. The Morgan fingerprint density at radius 3 is 2.78 bits per heavy atom. The summed E-state index contributed by atoms with van der Waals surface area (Å²) in [6.07, 6.45) is -0.239. The molecule has 1 aromatic carbocycles. The number of nitrogens with zero attached hydrogens (tertiary/aromatic N) is 6. The van der Waals surface area contributed by atoms with E-state index in [-0.39, 0.29) is 16.6 Å². The third-order valence-corrected chi connectivity index (χ3v) is 5.87. The Morgan fingerprint density at radius 1 is 1.22 bits per heavy atom. The van der Waals surface area contributed by atoms with Crippen LogP contribution in [0.15, 0.2) is 48.9 Å². The minimum absolute atomic E-state index is 0.0155. The highest BCUT2D eigenvalue weighted by molar-refractivity contribution is 5.98. The Labute approximate surface area is 181 Å². The zero-order chi connectivity index (χ0) is 22.6. The molecule has 1 aliphatic heterocycles. The van der Waals surface area contributed by atoms with E-state index >= 15 is 0 Å². The highest BCUT2D eigenvalue weighted by atomic mass is 19.4. The molecule has 4 aromatic rings. The summed E-state index contributed by atoms with van der Waals surface area (Å²) in [5.74, 6) is -0.119. The molecular formula is C22H19F3N6O. The van der Waals surface area contributed by atoms with Gasteiger partial charge in [0.1, 0.15) is 0 Å². The fraction of sp³-hybridized carbons (Fsp3) is 0.273. The van der Waals surface area contributed by atoms with Crippen molar-refractivity contribution in [3.8, 4) is 11.3 Å². The molecule has 0 saturated carbocycles. The van der Waals surface area contributed by atoms with Gasteiger partial charge in [0.15, 0.2) is 0 Å². The summed E-state index contributed by atoms with van der Waals surface area (Å²) in [7, 11) is 1.69. The number of fused-ring (bicyclic) bond motifs is 2. The van der Waals surface area contributed by atoms with Gasteiger partial charge in [0.05, 0.1) is 29.1 Å². The average Bonchev–Trinajstić information content (AvgIpc) is 3.37. The number of amides is 1. The van der Waals surface area contributed by atoms with Crippen molar-refractivity contribution >= 4 is 16.8 Å². The Morgan fingerprint density at radius 2 is 2.03 bits per heavy atom. The summed E-state index contributed by atoms with van der Waals surface area (Å²) >= 11 is 0. The van der Waals surface area contributed by atoms with Gasteiger partial charge in [-0.2, -0.15) is 14.9 Å². The smallest absolute Gasteiger partial charge is 0.330 e. The van der Waals surface area contributed by atoms with Crippen molar-refractivity contribution in [1.82, 2.24) is 29.4 Å². The van der Waals surface area contributed by atoms with Crippen molar-refractivity contribution in [3.63, 3.8) is 0 Å². The van der Waals surface area contributed by atoms with Crippen LogP contribution in [0.1, 0.15) is 34.6 Å². The fourth-order valence-electron chi connectivity index (χ4n) is 4.34. The van der Waals surface area contributed by atoms with Gasteiger partial charge in [0.2, 0.25) is 0 Å². The van der Waals surface area contributed by atoms with E-state index in [0.29, 0.717) is 35.5 Å². The Hall–Kier alpha value is -3.69. The summed E-state index contributed by atoms with van der Waals surface area (Å²) in [5, 5.41) is 8.87. The van der Waals surface area contributed by atoms with E-state index < -0.39 is 6.30 Å². The molecule has 0 radical (unpaired) electrons. The molecule has 164 valence electrons. The number of rotatable bonds is 2. The lowest BCUT2D eigenvalue weighted by atomic mass is 9.96. The highest BCUT2D eigenvalue weighted by Gasteiger charge is 2.35. The van der Waals surface area contributed by atoms with Crippen molar-refractivity contribution in [3.05, 3.63) is 65.7 Å². The number of hydrogen-bond donors (Lipinski definition) is 0. The van der Waals surface area contributed by atoms with Crippen LogP contribution in [-0.4, -0.2) is 41.9 Å². The lowest BCUT2D eigenvalue weighted by Gasteiger charge is -2.33. The topological polar surface area (TPSA) is 68.8 Å². The van der Waals surface area contributed by atoms with E-state index in [4.69, 9.17) is 0 Å². The average molecular weight is 440 g/mol. The number of alkyl halides is 3. The monoisotopic (exact) mass is 440 g/mol. The normalized spacial score (nSPS) is 16.4. The van der Waals surface area contributed by atoms with Gasteiger partial charge in [0, 0.05) is 48.1 Å². The molecule has 0 bridgehead atoms. The molecule has 1 aliphatic rings. The maximum Gasteiger partial charge on any atom is 0.504 e. The number of carbonyl (C=O) groups is 1. The van der Waals surface area contributed by atoms with Gasteiger partial charge in [0.25, 0.3) is 5.91 Å². The zero-order valence-corrected chi connectivity index (χ0v) is 17.3. The third kappa shape index (κ3) is 3.22. The van der Waals surface area contributed by atoms with Gasteiger partial charge in [-0.25, -0.2) is 0 Å². The second-order valence-corrected chi connectivity index (χ2v) is 7.81. The molecular weight excluding hydrogens is 421 g/mol. The number of pyridine rings is 1. The van der Waals surface area contributed by atoms with Gasteiger partial charge in [-0.15, -0.1) is 13.2 Å². The van der Waals surface area contributed by atoms with Crippen molar-refractivity contribution in [2.75, 3.05) is 6.54 Å². The molecule has 0 spiro atoms. The molecule has 5 rings (SSSR count). The molecule has 0 aliphatic carbocycles. The van der Waals surface area contributed by atoms with Gasteiger partial charge in [-0.05, 0) is 37.6 Å². The second-order valence-electron chi connectivity index (χ2n) is 7.81. The minimum Gasteiger partial charge on any atom is -0.330 e. The van der Waals surface area contributed by atoms with Gasteiger partial charge < -0.3 is 4.90 Å². The van der Waals surface area contributed by atoms with Crippen LogP contribution in [0, 0.1) is 0 Å². The molecule has 1 unspecified atom stereocenters. The number of halogens is 3. The van der Waals surface area contributed by atoms with Gasteiger partial charge in [-0.1, -0.05) is 6.07 Å². The first-order chi connectivity index (χ1) is 15.2. The number of aryl methyl sites for hydroxylation is 1. The van der Waals surface area contributed by atoms with Crippen LogP contribution in [-0.2, 0) is 19.8 Å².